The first kappa shape index (κ1) is 24.3. The monoisotopic (exact) mass is 462 g/mol. The van der Waals surface area contributed by atoms with E-state index in [1.54, 1.807) is 13.8 Å². The van der Waals surface area contributed by atoms with Gasteiger partial charge in [0.1, 0.15) is 5.69 Å². The van der Waals surface area contributed by atoms with E-state index in [1.807, 2.05) is 0 Å². The van der Waals surface area contributed by atoms with E-state index in [0.717, 1.165) is 6.07 Å². The highest BCUT2D eigenvalue weighted by atomic mass is 32.2. The van der Waals surface area contributed by atoms with Crippen molar-refractivity contribution in [2.45, 2.75) is 31.5 Å². The average Bonchev–Trinajstić information content (AvgIpc) is 2.71. The van der Waals surface area contributed by atoms with Gasteiger partial charge in [-0.2, -0.15) is 17.5 Å². The number of nitro groups is 1. The van der Waals surface area contributed by atoms with Gasteiger partial charge in [-0.3, -0.25) is 10.1 Å². The van der Waals surface area contributed by atoms with E-state index in [-0.39, 0.29) is 36.1 Å². The lowest BCUT2D eigenvalue weighted by atomic mass is 10.2. The van der Waals surface area contributed by atoms with E-state index in [4.69, 9.17) is 0 Å². The van der Waals surface area contributed by atoms with Crippen molar-refractivity contribution in [1.29, 1.82) is 0 Å². The second-order valence-electron chi connectivity index (χ2n) is 6.29. The molecule has 0 amide bonds. The second kappa shape index (κ2) is 9.92. The van der Waals surface area contributed by atoms with Crippen molar-refractivity contribution in [3.8, 4) is 5.88 Å². The topological polar surface area (TPSA) is 115 Å². The van der Waals surface area contributed by atoms with Crippen LogP contribution in [0, 0.1) is 10.1 Å². The van der Waals surface area contributed by atoms with Crippen molar-refractivity contribution < 1.29 is 31.2 Å². The Morgan fingerprint density at radius 1 is 1.19 bits per heavy atom. The Hall–Kier alpha value is -2.93. The molecule has 0 aliphatic rings. The summed E-state index contributed by atoms with van der Waals surface area (Å²) in [7, 11) is -3.88. The lowest BCUT2D eigenvalue weighted by molar-refractivity contribution is -0.384. The van der Waals surface area contributed by atoms with Gasteiger partial charge in [0.15, 0.2) is 6.61 Å². The van der Waals surface area contributed by atoms with Crippen LogP contribution < -0.4 is 10.1 Å². The fourth-order valence-corrected chi connectivity index (χ4v) is 4.16. The average molecular weight is 462 g/mol. The molecule has 0 bridgehead atoms. The van der Waals surface area contributed by atoms with Crippen LogP contribution in [-0.4, -0.2) is 48.5 Å². The van der Waals surface area contributed by atoms with E-state index in [0.29, 0.717) is 5.56 Å². The number of hydrogen-bond donors (Lipinski definition) is 1. The molecular formula is C18H21F3N4O5S. The number of rotatable bonds is 10. The van der Waals surface area contributed by atoms with Gasteiger partial charge in [-0.15, -0.1) is 0 Å². The van der Waals surface area contributed by atoms with E-state index < -0.39 is 33.4 Å². The summed E-state index contributed by atoms with van der Waals surface area (Å²) in [5.41, 5.74) is 0.0650. The molecule has 170 valence electrons. The zero-order chi connectivity index (χ0) is 23.2. The first-order valence-electron chi connectivity index (χ1n) is 9.15. The van der Waals surface area contributed by atoms with E-state index in [1.165, 1.54) is 34.8 Å². The van der Waals surface area contributed by atoms with Crippen LogP contribution in [0.1, 0.15) is 19.4 Å². The maximum Gasteiger partial charge on any atom is 0.422 e. The number of nitrogens with one attached hydrogen (secondary N) is 1. The van der Waals surface area contributed by atoms with Crippen molar-refractivity contribution in [2.75, 3.05) is 25.0 Å². The van der Waals surface area contributed by atoms with Crippen LogP contribution in [0.15, 0.2) is 41.4 Å². The molecule has 1 aromatic carbocycles. The van der Waals surface area contributed by atoms with E-state index >= 15 is 0 Å². The van der Waals surface area contributed by atoms with Crippen LogP contribution in [0.2, 0.25) is 0 Å². The first-order valence-corrected chi connectivity index (χ1v) is 10.6. The lowest BCUT2D eigenvalue weighted by Gasteiger charge is -2.18. The number of nitrogens with zero attached hydrogens (tertiary/aromatic N) is 3. The summed E-state index contributed by atoms with van der Waals surface area (Å²) in [6.45, 7) is 2.26. The van der Waals surface area contributed by atoms with Crippen LogP contribution in [0.5, 0.6) is 5.88 Å². The Balaban J connectivity index is 2.22. The largest absolute Gasteiger partial charge is 0.468 e. The molecular weight excluding hydrogens is 441 g/mol. The molecule has 2 aromatic rings. The molecule has 31 heavy (non-hydrogen) atoms. The zero-order valence-electron chi connectivity index (χ0n) is 16.7. The van der Waals surface area contributed by atoms with Gasteiger partial charge >= 0.3 is 6.18 Å². The summed E-state index contributed by atoms with van der Waals surface area (Å²) in [6, 6.07) is 6.27. The third kappa shape index (κ3) is 6.52. The summed E-state index contributed by atoms with van der Waals surface area (Å²) < 4.78 is 67.8. The van der Waals surface area contributed by atoms with Crippen LogP contribution in [0.4, 0.5) is 24.5 Å². The van der Waals surface area contributed by atoms with E-state index in [2.05, 4.69) is 15.0 Å². The number of hydrogen-bond acceptors (Lipinski definition) is 7. The second-order valence-corrected chi connectivity index (χ2v) is 8.22. The SMILES string of the molecule is CCN(CC)S(=O)(=O)c1ccc(NCc2ccnc(OCC(F)(F)F)c2)c([N+](=O)[O-])c1. The van der Waals surface area contributed by atoms with Crippen molar-refractivity contribution in [2.24, 2.45) is 0 Å². The summed E-state index contributed by atoms with van der Waals surface area (Å²) in [5, 5.41) is 14.3. The number of sulfonamides is 1. The molecule has 1 heterocycles. The number of ether oxygens (including phenoxy) is 1. The number of alkyl halides is 3. The molecule has 1 N–H and O–H groups in total. The fourth-order valence-electron chi connectivity index (χ4n) is 2.68. The molecule has 13 heteroatoms. The summed E-state index contributed by atoms with van der Waals surface area (Å²) in [6.07, 6.45) is -3.26. The van der Waals surface area contributed by atoms with Gasteiger partial charge in [-0.1, -0.05) is 13.8 Å². The summed E-state index contributed by atoms with van der Waals surface area (Å²) in [5.74, 6) is -0.244. The summed E-state index contributed by atoms with van der Waals surface area (Å²) >= 11 is 0. The maximum absolute atomic E-state index is 12.6. The van der Waals surface area contributed by atoms with Crippen molar-refractivity contribution in [3.63, 3.8) is 0 Å². The third-order valence-electron chi connectivity index (χ3n) is 4.18. The standard InChI is InChI=1S/C18H21F3N4O5S/c1-3-24(4-2)31(28,29)14-5-6-15(16(10-14)25(26)27)23-11-13-7-8-22-17(9-13)30-12-18(19,20)21/h5-10,23H,3-4,11-12H2,1-2H3. The third-order valence-corrected chi connectivity index (χ3v) is 6.22. The number of pyridine rings is 1. The lowest BCUT2D eigenvalue weighted by Crippen LogP contribution is -2.30. The van der Waals surface area contributed by atoms with Gasteiger partial charge in [-0.25, -0.2) is 13.4 Å². The van der Waals surface area contributed by atoms with Crippen LogP contribution >= 0.6 is 0 Å². The molecule has 0 aliphatic heterocycles. The minimum Gasteiger partial charge on any atom is -0.468 e. The first-order chi connectivity index (χ1) is 14.5. The molecule has 0 fully saturated rings. The van der Waals surface area contributed by atoms with Gasteiger partial charge < -0.3 is 10.1 Å². The van der Waals surface area contributed by atoms with Gasteiger partial charge in [0, 0.05) is 38.0 Å². The minimum absolute atomic E-state index is 0.00782. The number of aromatic nitrogens is 1. The normalized spacial score (nSPS) is 12.1. The number of halogens is 3. The van der Waals surface area contributed by atoms with Crippen LogP contribution in [0.3, 0.4) is 0 Å². The highest BCUT2D eigenvalue weighted by molar-refractivity contribution is 7.89. The predicted octanol–water partition coefficient (Wildman–Crippen LogP) is 3.57. The molecule has 0 spiro atoms. The van der Waals surface area contributed by atoms with Crippen molar-refractivity contribution >= 4 is 21.4 Å². The zero-order valence-corrected chi connectivity index (χ0v) is 17.5. The number of anilines is 1. The molecule has 0 unspecified atom stereocenters. The van der Waals surface area contributed by atoms with Crippen molar-refractivity contribution in [3.05, 3.63) is 52.2 Å². The highest BCUT2D eigenvalue weighted by Crippen LogP contribution is 2.29. The van der Waals surface area contributed by atoms with Crippen molar-refractivity contribution in [1.82, 2.24) is 9.29 Å². The molecule has 1 aromatic heterocycles. The Kier molecular flexibility index (Phi) is 7.79. The Morgan fingerprint density at radius 2 is 1.87 bits per heavy atom. The maximum atomic E-state index is 12.6. The molecule has 9 nitrogen and oxygen atoms in total. The Labute approximate surface area is 177 Å². The molecule has 0 atom stereocenters. The Bertz CT molecular complexity index is 1030. The van der Waals surface area contributed by atoms with Gasteiger partial charge in [0.2, 0.25) is 15.9 Å². The van der Waals surface area contributed by atoms with Gasteiger partial charge in [0.05, 0.1) is 9.82 Å². The number of nitro benzene ring substituents is 1. The van der Waals surface area contributed by atoms with E-state index in [9.17, 15) is 31.7 Å². The molecule has 0 saturated heterocycles. The Morgan fingerprint density at radius 3 is 2.45 bits per heavy atom. The highest BCUT2D eigenvalue weighted by Gasteiger charge is 2.29. The molecule has 0 aliphatic carbocycles. The summed E-state index contributed by atoms with van der Waals surface area (Å²) in [4.78, 5) is 14.2. The smallest absolute Gasteiger partial charge is 0.422 e. The quantitative estimate of drug-likeness (QED) is 0.424. The van der Waals surface area contributed by atoms with Crippen LogP contribution in [0.25, 0.3) is 0 Å². The fraction of sp³-hybridized carbons (Fsp3) is 0.389. The molecule has 2 rings (SSSR count). The number of benzene rings is 1. The minimum atomic E-state index is -4.51. The van der Waals surface area contributed by atoms with Gasteiger partial charge in [0.25, 0.3) is 5.69 Å². The van der Waals surface area contributed by atoms with Gasteiger partial charge in [-0.05, 0) is 23.8 Å². The molecule has 0 saturated carbocycles. The molecule has 0 radical (unpaired) electrons. The van der Waals surface area contributed by atoms with Crippen LogP contribution in [-0.2, 0) is 16.6 Å². The predicted molar refractivity (Wildman–Crippen MR) is 106 cm³/mol.